The number of hydrogen-bond donors (Lipinski definition) is 1. The van der Waals surface area contributed by atoms with Crippen molar-refractivity contribution in [2.24, 2.45) is 0 Å². The highest BCUT2D eigenvalue weighted by atomic mass is 127. The van der Waals surface area contributed by atoms with Gasteiger partial charge in [-0.25, -0.2) is 13.2 Å². The van der Waals surface area contributed by atoms with Gasteiger partial charge in [-0.2, -0.15) is 0 Å². The van der Waals surface area contributed by atoms with E-state index in [2.05, 4.69) is 27.9 Å². The molecule has 0 bridgehead atoms. The Kier molecular flexibility index (Phi) is 7.19. The number of benzene rings is 1. The first-order valence-electron chi connectivity index (χ1n) is 6.05. The first kappa shape index (κ1) is 16.3. The maximum Gasteiger partial charge on any atom is 0.251 e. The normalized spacial score (nSPS) is 10.5. The maximum absolute atomic E-state index is 12.9. The van der Waals surface area contributed by atoms with E-state index in [4.69, 9.17) is 0 Å². The summed E-state index contributed by atoms with van der Waals surface area (Å²) in [7, 11) is 0. The summed E-state index contributed by atoms with van der Waals surface area (Å²) >= 11 is 2.30. The van der Waals surface area contributed by atoms with Crippen molar-refractivity contribution in [1.29, 1.82) is 0 Å². The van der Waals surface area contributed by atoms with Crippen molar-refractivity contribution in [1.82, 2.24) is 5.32 Å². The highest BCUT2D eigenvalue weighted by Gasteiger charge is 2.14. The molecule has 2 nitrogen and oxygen atoms in total. The molecular weight excluding hydrogens is 370 g/mol. The number of alkyl halides is 1. The van der Waals surface area contributed by atoms with Gasteiger partial charge in [0.05, 0.1) is 0 Å². The molecular formula is C13H15F3INO. The highest BCUT2D eigenvalue weighted by molar-refractivity contribution is 14.1. The summed E-state index contributed by atoms with van der Waals surface area (Å²) in [5.41, 5.74) is -0.205. The first-order chi connectivity index (χ1) is 9.06. The third kappa shape index (κ3) is 5.38. The van der Waals surface area contributed by atoms with Crippen LogP contribution in [0.25, 0.3) is 0 Å². The van der Waals surface area contributed by atoms with Gasteiger partial charge in [-0.15, -0.1) is 0 Å². The van der Waals surface area contributed by atoms with Gasteiger partial charge in [-0.3, -0.25) is 4.79 Å². The molecule has 0 aliphatic carbocycles. The minimum atomic E-state index is -1.56. The molecule has 1 aromatic rings. The average Bonchev–Trinajstić information content (AvgIpc) is 2.39. The molecule has 1 N–H and O–H groups in total. The quantitative estimate of drug-likeness (QED) is 0.329. The molecule has 1 rings (SSSR count). The minimum Gasteiger partial charge on any atom is -0.352 e. The average molecular weight is 385 g/mol. The molecule has 0 aliphatic rings. The Morgan fingerprint density at radius 2 is 1.63 bits per heavy atom. The van der Waals surface area contributed by atoms with Crippen LogP contribution < -0.4 is 5.32 Å². The van der Waals surface area contributed by atoms with E-state index >= 15 is 0 Å². The number of amides is 1. The van der Waals surface area contributed by atoms with Crippen molar-refractivity contribution in [2.75, 3.05) is 11.0 Å². The molecule has 0 aromatic heterocycles. The molecule has 0 saturated heterocycles. The number of unbranched alkanes of at least 4 members (excludes halogenated alkanes) is 3. The number of rotatable bonds is 7. The van der Waals surface area contributed by atoms with Crippen LogP contribution in [0.2, 0.25) is 0 Å². The molecule has 1 amide bonds. The van der Waals surface area contributed by atoms with E-state index in [0.717, 1.165) is 30.1 Å². The van der Waals surface area contributed by atoms with Crippen LogP contribution in [0.3, 0.4) is 0 Å². The van der Waals surface area contributed by atoms with Gasteiger partial charge in [0.2, 0.25) is 0 Å². The lowest BCUT2D eigenvalue weighted by Crippen LogP contribution is -2.24. The second kappa shape index (κ2) is 8.39. The topological polar surface area (TPSA) is 29.1 Å². The summed E-state index contributed by atoms with van der Waals surface area (Å²) in [6.07, 6.45) is 4.05. The molecule has 19 heavy (non-hydrogen) atoms. The van der Waals surface area contributed by atoms with Crippen LogP contribution in [0, 0.1) is 17.5 Å². The molecule has 106 valence electrons. The third-order valence-electron chi connectivity index (χ3n) is 2.59. The zero-order chi connectivity index (χ0) is 14.3. The molecule has 0 spiro atoms. The number of hydrogen-bond acceptors (Lipinski definition) is 1. The molecule has 0 unspecified atom stereocenters. The van der Waals surface area contributed by atoms with Crippen molar-refractivity contribution in [3.8, 4) is 0 Å². The van der Waals surface area contributed by atoms with Crippen molar-refractivity contribution < 1.29 is 18.0 Å². The molecule has 0 heterocycles. The van der Waals surface area contributed by atoms with Crippen LogP contribution in [0.4, 0.5) is 13.2 Å². The van der Waals surface area contributed by atoms with Crippen LogP contribution in [-0.4, -0.2) is 16.9 Å². The maximum atomic E-state index is 12.9. The van der Waals surface area contributed by atoms with Gasteiger partial charge < -0.3 is 5.32 Å². The zero-order valence-electron chi connectivity index (χ0n) is 10.3. The Morgan fingerprint density at radius 3 is 2.21 bits per heavy atom. The zero-order valence-corrected chi connectivity index (χ0v) is 12.5. The fourth-order valence-corrected chi connectivity index (χ4v) is 2.10. The van der Waals surface area contributed by atoms with E-state index in [0.29, 0.717) is 18.7 Å². The molecule has 0 saturated carbocycles. The van der Waals surface area contributed by atoms with Crippen molar-refractivity contribution in [3.05, 3.63) is 35.1 Å². The fraction of sp³-hybridized carbons (Fsp3) is 0.462. The van der Waals surface area contributed by atoms with Crippen molar-refractivity contribution in [3.63, 3.8) is 0 Å². The second-order valence-electron chi connectivity index (χ2n) is 4.11. The lowest BCUT2D eigenvalue weighted by atomic mass is 10.1. The highest BCUT2D eigenvalue weighted by Crippen LogP contribution is 2.13. The number of halogens is 4. The monoisotopic (exact) mass is 385 g/mol. The van der Waals surface area contributed by atoms with Gasteiger partial charge in [0.25, 0.3) is 5.91 Å². The minimum absolute atomic E-state index is 0.205. The second-order valence-corrected chi connectivity index (χ2v) is 5.19. The molecule has 0 fully saturated rings. The molecule has 1 aromatic carbocycles. The standard InChI is InChI=1S/C13H15F3INO/c14-10-7-9(8-11(15)12(10)16)13(19)18-6-4-2-1-3-5-17/h7-8H,1-6H2,(H,18,19). The SMILES string of the molecule is O=C(NCCCCCCI)c1cc(F)c(F)c(F)c1. The number of carbonyl (C=O) groups is 1. The number of nitrogens with one attached hydrogen (secondary N) is 1. The lowest BCUT2D eigenvalue weighted by molar-refractivity contribution is 0.0951. The first-order valence-corrected chi connectivity index (χ1v) is 7.57. The molecule has 0 aliphatic heterocycles. The smallest absolute Gasteiger partial charge is 0.251 e. The molecule has 6 heteroatoms. The van der Waals surface area contributed by atoms with Crippen LogP contribution in [0.15, 0.2) is 12.1 Å². The summed E-state index contributed by atoms with van der Waals surface area (Å²) in [6, 6.07) is 1.40. The summed E-state index contributed by atoms with van der Waals surface area (Å²) in [6.45, 7) is 0.445. The van der Waals surface area contributed by atoms with E-state index in [9.17, 15) is 18.0 Å². The Morgan fingerprint density at radius 1 is 1.05 bits per heavy atom. The molecule has 0 atom stereocenters. The van der Waals surface area contributed by atoms with Gasteiger partial charge >= 0.3 is 0 Å². The van der Waals surface area contributed by atoms with Gasteiger partial charge in [-0.05, 0) is 29.4 Å². The van der Waals surface area contributed by atoms with Gasteiger partial charge in [0, 0.05) is 12.1 Å². The van der Waals surface area contributed by atoms with Crippen LogP contribution >= 0.6 is 22.6 Å². The van der Waals surface area contributed by atoms with Gasteiger partial charge in [0.1, 0.15) is 0 Å². The number of carbonyl (C=O) groups excluding carboxylic acids is 1. The van der Waals surface area contributed by atoms with Crippen LogP contribution in [0.5, 0.6) is 0 Å². The predicted molar refractivity (Wildman–Crippen MR) is 76.0 cm³/mol. The van der Waals surface area contributed by atoms with Gasteiger partial charge in [0.15, 0.2) is 17.5 Å². The van der Waals surface area contributed by atoms with Crippen molar-refractivity contribution >= 4 is 28.5 Å². The fourth-order valence-electron chi connectivity index (χ4n) is 1.56. The Balaban J connectivity index is 2.42. The summed E-state index contributed by atoms with van der Waals surface area (Å²) in [5.74, 6) is -4.86. The Hall–Kier alpha value is -0.790. The Labute approximate surface area is 123 Å². The van der Waals surface area contributed by atoms with Crippen LogP contribution in [-0.2, 0) is 0 Å². The lowest BCUT2D eigenvalue weighted by Gasteiger charge is -2.06. The Bertz CT molecular complexity index is 417. The van der Waals surface area contributed by atoms with Crippen molar-refractivity contribution in [2.45, 2.75) is 25.7 Å². The van der Waals surface area contributed by atoms with E-state index in [1.54, 1.807) is 0 Å². The summed E-state index contributed by atoms with van der Waals surface area (Å²) in [4.78, 5) is 11.6. The molecule has 0 radical (unpaired) electrons. The largest absolute Gasteiger partial charge is 0.352 e. The van der Waals surface area contributed by atoms with E-state index in [-0.39, 0.29) is 5.56 Å². The van der Waals surface area contributed by atoms with Gasteiger partial charge in [-0.1, -0.05) is 35.4 Å². The summed E-state index contributed by atoms with van der Waals surface area (Å²) < 4.78 is 39.7. The van der Waals surface area contributed by atoms with E-state index < -0.39 is 23.4 Å². The van der Waals surface area contributed by atoms with E-state index in [1.807, 2.05) is 0 Å². The third-order valence-corrected chi connectivity index (χ3v) is 3.35. The predicted octanol–water partition coefficient (Wildman–Crippen LogP) is 3.83. The van der Waals surface area contributed by atoms with E-state index in [1.165, 1.54) is 0 Å². The van der Waals surface area contributed by atoms with Crippen LogP contribution in [0.1, 0.15) is 36.0 Å². The summed E-state index contributed by atoms with van der Waals surface area (Å²) in [5, 5.41) is 2.55.